The Morgan fingerprint density at radius 1 is 1.75 bits per heavy atom. The summed E-state index contributed by atoms with van der Waals surface area (Å²) in [6, 6.07) is -0.567. The predicted octanol–water partition coefficient (Wildman–Crippen LogP) is 0.354. The lowest BCUT2D eigenvalue weighted by atomic mass is 10.6. The number of hydrogen-bond donors (Lipinski definition) is 2. The molecule has 3 heteroatoms. The molecule has 0 bridgehead atoms. The lowest BCUT2D eigenvalue weighted by molar-refractivity contribution is 0.252. The van der Waals surface area contributed by atoms with Crippen LogP contribution in [0.2, 0.25) is 0 Å². The Hall–Kier alpha value is -1.25. The van der Waals surface area contributed by atoms with Crippen LogP contribution in [0.3, 0.4) is 0 Å². The lowest BCUT2D eigenvalue weighted by Crippen LogP contribution is -2.23. The van der Waals surface area contributed by atoms with Crippen molar-refractivity contribution in [3.63, 3.8) is 0 Å². The van der Waals surface area contributed by atoms with Gasteiger partial charge < -0.3 is 11.1 Å². The molecule has 3 N–H and O–H groups in total. The molecule has 0 aromatic rings. The minimum absolute atomic E-state index is 0.567. The zero-order valence-corrected chi connectivity index (χ0v) is 4.42. The van der Waals surface area contributed by atoms with E-state index in [2.05, 4.69) is 11.9 Å². The topological polar surface area (TPSA) is 55.1 Å². The molecule has 0 saturated carbocycles. The molecule has 2 amide bonds. The van der Waals surface area contributed by atoms with Crippen LogP contribution in [0.25, 0.3) is 0 Å². The molecule has 0 spiro atoms. The highest BCUT2D eigenvalue weighted by molar-refractivity contribution is 5.72. The van der Waals surface area contributed by atoms with Crippen LogP contribution in [-0.4, -0.2) is 6.03 Å². The van der Waals surface area contributed by atoms with Crippen LogP contribution in [0.4, 0.5) is 4.79 Å². The highest BCUT2D eigenvalue weighted by atomic mass is 16.2. The number of nitrogens with two attached hydrogens (primary N) is 1. The van der Waals surface area contributed by atoms with Gasteiger partial charge in [-0.2, -0.15) is 0 Å². The molecule has 0 aliphatic heterocycles. The molecule has 0 fully saturated rings. The van der Waals surface area contributed by atoms with Gasteiger partial charge in [0.25, 0.3) is 0 Å². The number of carbonyl (C=O) groups excluding carboxylic acids is 1. The van der Waals surface area contributed by atoms with E-state index in [9.17, 15) is 4.79 Å². The Labute approximate surface area is 47.9 Å². The van der Waals surface area contributed by atoms with E-state index in [0.29, 0.717) is 0 Å². The van der Waals surface area contributed by atoms with Crippen LogP contribution in [0.1, 0.15) is 0 Å². The van der Waals surface area contributed by atoms with Gasteiger partial charge in [0.1, 0.15) is 0 Å². The summed E-state index contributed by atoms with van der Waals surface area (Å²) in [5, 5.41) is 2.23. The predicted molar refractivity (Wildman–Crippen MR) is 32.1 cm³/mol. The number of nitrogens with one attached hydrogen (secondary N) is 1. The summed E-state index contributed by atoms with van der Waals surface area (Å²) in [5.74, 6) is 0. The molecule has 0 saturated heterocycles. The fourth-order valence-electron chi connectivity index (χ4n) is 0.198. The Morgan fingerprint density at radius 2 is 2.38 bits per heavy atom. The molecular formula is C5H8N2O. The fourth-order valence-corrected chi connectivity index (χ4v) is 0.198. The first-order valence-corrected chi connectivity index (χ1v) is 2.11. The molecule has 3 nitrogen and oxygen atoms in total. The van der Waals surface area contributed by atoms with Crippen LogP contribution in [0.5, 0.6) is 0 Å². The standard InChI is InChI=1S/C5H8N2O/c1-2-3-4-7-5(6)8/h2-4H,1H2,(H3,6,7,8)/b4-3+. The summed E-state index contributed by atoms with van der Waals surface area (Å²) in [4.78, 5) is 9.90. The fraction of sp³-hybridized carbons (Fsp3) is 0. The van der Waals surface area contributed by atoms with Crippen LogP contribution >= 0.6 is 0 Å². The second-order valence-electron chi connectivity index (χ2n) is 1.10. The smallest absolute Gasteiger partial charge is 0.316 e. The van der Waals surface area contributed by atoms with Crippen molar-refractivity contribution in [1.29, 1.82) is 0 Å². The lowest BCUT2D eigenvalue weighted by Gasteiger charge is -1.85. The molecular weight excluding hydrogens is 104 g/mol. The third kappa shape index (κ3) is 4.75. The third-order valence-corrected chi connectivity index (χ3v) is 0.458. The minimum Gasteiger partial charge on any atom is -0.351 e. The maximum absolute atomic E-state index is 9.90. The number of allylic oxidation sites excluding steroid dienone is 2. The molecule has 44 valence electrons. The van der Waals surface area contributed by atoms with Gasteiger partial charge in [-0.25, -0.2) is 4.79 Å². The quantitative estimate of drug-likeness (QED) is 0.498. The normalized spacial score (nSPS) is 9.00. The van der Waals surface area contributed by atoms with Crippen LogP contribution in [0, 0.1) is 0 Å². The van der Waals surface area contributed by atoms with Gasteiger partial charge in [-0.15, -0.1) is 0 Å². The van der Waals surface area contributed by atoms with Crippen molar-refractivity contribution in [3.8, 4) is 0 Å². The van der Waals surface area contributed by atoms with E-state index in [0.717, 1.165) is 0 Å². The van der Waals surface area contributed by atoms with Crippen molar-refractivity contribution in [3.05, 3.63) is 24.9 Å². The molecule has 0 atom stereocenters. The van der Waals surface area contributed by atoms with E-state index in [4.69, 9.17) is 5.73 Å². The van der Waals surface area contributed by atoms with E-state index in [1.165, 1.54) is 12.3 Å². The zero-order chi connectivity index (χ0) is 6.41. The molecule has 0 rings (SSSR count). The van der Waals surface area contributed by atoms with Crippen molar-refractivity contribution < 1.29 is 4.79 Å². The monoisotopic (exact) mass is 112 g/mol. The van der Waals surface area contributed by atoms with Crippen molar-refractivity contribution in [2.24, 2.45) is 5.73 Å². The summed E-state index contributed by atoms with van der Waals surface area (Å²) in [5.41, 5.74) is 4.70. The molecule has 0 aliphatic carbocycles. The van der Waals surface area contributed by atoms with Gasteiger partial charge in [0, 0.05) is 6.20 Å². The Kier molecular flexibility index (Phi) is 3.31. The summed E-state index contributed by atoms with van der Waals surface area (Å²) in [6.07, 6.45) is 4.52. The first-order chi connectivity index (χ1) is 3.77. The number of amides is 2. The van der Waals surface area contributed by atoms with Crippen molar-refractivity contribution in [2.75, 3.05) is 0 Å². The molecule has 0 radical (unpaired) electrons. The second kappa shape index (κ2) is 3.92. The average molecular weight is 112 g/mol. The second-order valence-corrected chi connectivity index (χ2v) is 1.10. The largest absolute Gasteiger partial charge is 0.351 e. The molecule has 0 aromatic carbocycles. The van der Waals surface area contributed by atoms with Crippen LogP contribution in [0.15, 0.2) is 24.9 Å². The van der Waals surface area contributed by atoms with Gasteiger partial charge in [-0.3, -0.25) is 0 Å². The van der Waals surface area contributed by atoms with Gasteiger partial charge >= 0.3 is 6.03 Å². The van der Waals surface area contributed by atoms with Gasteiger partial charge in [-0.1, -0.05) is 12.7 Å². The molecule has 0 heterocycles. The van der Waals surface area contributed by atoms with Crippen molar-refractivity contribution in [1.82, 2.24) is 5.32 Å². The number of rotatable bonds is 2. The molecule has 0 aliphatic rings. The van der Waals surface area contributed by atoms with E-state index >= 15 is 0 Å². The van der Waals surface area contributed by atoms with Gasteiger partial charge in [-0.05, 0) is 6.08 Å². The van der Waals surface area contributed by atoms with Gasteiger partial charge in [0.05, 0.1) is 0 Å². The summed E-state index contributed by atoms with van der Waals surface area (Å²) >= 11 is 0. The molecule has 0 unspecified atom stereocenters. The highest BCUT2D eigenvalue weighted by Gasteiger charge is 1.78. The summed E-state index contributed by atoms with van der Waals surface area (Å²) < 4.78 is 0. The number of urea groups is 1. The van der Waals surface area contributed by atoms with E-state index in [-0.39, 0.29) is 0 Å². The van der Waals surface area contributed by atoms with E-state index in [1.807, 2.05) is 0 Å². The number of hydrogen-bond acceptors (Lipinski definition) is 1. The molecule has 0 aromatic heterocycles. The SMILES string of the molecule is C=C/C=C/NC(N)=O. The number of carbonyl (C=O) groups is 1. The van der Waals surface area contributed by atoms with Crippen LogP contribution in [-0.2, 0) is 0 Å². The van der Waals surface area contributed by atoms with E-state index < -0.39 is 6.03 Å². The van der Waals surface area contributed by atoms with Crippen molar-refractivity contribution >= 4 is 6.03 Å². The first-order valence-electron chi connectivity index (χ1n) is 2.11. The van der Waals surface area contributed by atoms with Crippen LogP contribution < -0.4 is 11.1 Å². The Morgan fingerprint density at radius 3 is 2.75 bits per heavy atom. The minimum atomic E-state index is -0.567. The molecule has 8 heavy (non-hydrogen) atoms. The maximum Gasteiger partial charge on any atom is 0.316 e. The summed E-state index contributed by atoms with van der Waals surface area (Å²) in [6.45, 7) is 3.38. The summed E-state index contributed by atoms with van der Waals surface area (Å²) in [7, 11) is 0. The first kappa shape index (κ1) is 6.75. The van der Waals surface area contributed by atoms with Crippen molar-refractivity contribution in [2.45, 2.75) is 0 Å². The Balaban J connectivity index is 3.29. The Bertz CT molecular complexity index is 118. The highest BCUT2D eigenvalue weighted by Crippen LogP contribution is 1.65. The van der Waals surface area contributed by atoms with Gasteiger partial charge in [0.15, 0.2) is 0 Å². The average Bonchev–Trinajstić information content (AvgIpc) is 1.66. The zero-order valence-electron chi connectivity index (χ0n) is 4.42. The maximum atomic E-state index is 9.90. The van der Waals surface area contributed by atoms with Gasteiger partial charge in [0.2, 0.25) is 0 Å². The number of primary amides is 1. The van der Waals surface area contributed by atoms with E-state index in [1.54, 1.807) is 6.08 Å². The third-order valence-electron chi connectivity index (χ3n) is 0.458.